The van der Waals surface area contributed by atoms with Crippen LogP contribution in [0.5, 0.6) is 11.8 Å². The Balaban J connectivity index is 1.58. The van der Waals surface area contributed by atoms with Gasteiger partial charge in [0.15, 0.2) is 5.75 Å². The van der Waals surface area contributed by atoms with E-state index in [0.717, 1.165) is 24.9 Å². The van der Waals surface area contributed by atoms with Crippen molar-refractivity contribution in [1.82, 2.24) is 24.9 Å². The summed E-state index contributed by atoms with van der Waals surface area (Å²) in [4.78, 5) is 22.6. The lowest BCUT2D eigenvalue weighted by Gasteiger charge is -2.41. The van der Waals surface area contributed by atoms with E-state index < -0.39 is 0 Å². The number of fused-ring (bicyclic) bond motifs is 3. The second kappa shape index (κ2) is 7.17. The number of ether oxygens (including phenoxy) is 1. The molecule has 153 valence electrons. The summed E-state index contributed by atoms with van der Waals surface area (Å²) in [5, 5.41) is 11.1. The van der Waals surface area contributed by atoms with Gasteiger partial charge < -0.3 is 19.7 Å². The molecule has 1 aromatic carbocycles. The number of rotatable bonds is 5. The summed E-state index contributed by atoms with van der Waals surface area (Å²) >= 11 is 0. The van der Waals surface area contributed by atoms with E-state index in [0.29, 0.717) is 39.9 Å². The van der Waals surface area contributed by atoms with Gasteiger partial charge in [0.05, 0.1) is 29.4 Å². The van der Waals surface area contributed by atoms with E-state index in [1.807, 2.05) is 0 Å². The van der Waals surface area contributed by atoms with Gasteiger partial charge in [0.1, 0.15) is 23.1 Å². The molecule has 1 radical (unpaired) electrons. The molecular formula is C21H20FN6O2. The number of aryl methyl sites for hydroxylation is 1. The molecule has 1 aliphatic rings. The number of anilines is 1. The Kier molecular flexibility index (Phi) is 4.47. The summed E-state index contributed by atoms with van der Waals surface area (Å²) in [5.41, 5.74) is 1.19. The molecule has 30 heavy (non-hydrogen) atoms. The third-order valence-corrected chi connectivity index (χ3v) is 5.19. The van der Waals surface area contributed by atoms with Crippen LogP contribution in [0.2, 0.25) is 0 Å². The first kappa shape index (κ1) is 18.7. The predicted octanol–water partition coefficient (Wildman–Crippen LogP) is 3.15. The van der Waals surface area contributed by atoms with Crippen LogP contribution in [0.1, 0.15) is 19.2 Å². The van der Waals surface area contributed by atoms with Crippen molar-refractivity contribution in [3.63, 3.8) is 0 Å². The van der Waals surface area contributed by atoms with Gasteiger partial charge in [-0.1, -0.05) is 0 Å². The van der Waals surface area contributed by atoms with E-state index >= 15 is 0 Å². The van der Waals surface area contributed by atoms with E-state index in [1.165, 1.54) is 12.1 Å². The molecule has 1 fully saturated rings. The standard InChI is InChI=1S/C21H20FN6O2/c1-11(29)5-13-9-28(10-13)20-18-16-6-14(22)3-4-17(16)25-19(18)26-21(27-20)30-15-7-23-12(2)24-8-15/h3,6-8,11,13,29H,5,9-10H2,1-2H3,(H,25,26,27). The van der Waals surface area contributed by atoms with Gasteiger partial charge >= 0.3 is 6.01 Å². The Morgan fingerprint density at radius 2 is 2.10 bits per heavy atom. The molecule has 1 aliphatic heterocycles. The molecule has 2 N–H and O–H groups in total. The number of benzene rings is 1. The van der Waals surface area contributed by atoms with Crippen LogP contribution in [0, 0.1) is 24.7 Å². The summed E-state index contributed by atoms with van der Waals surface area (Å²) in [6, 6.07) is 5.80. The summed E-state index contributed by atoms with van der Waals surface area (Å²) in [6.07, 6.45) is 3.50. The molecule has 9 heteroatoms. The first-order chi connectivity index (χ1) is 14.5. The maximum atomic E-state index is 13.9. The van der Waals surface area contributed by atoms with Crippen LogP contribution < -0.4 is 9.64 Å². The van der Waals surface area contributed by atoms with Gasteiger partial charge in [0.25, 0.3) is 0 Å². The van der Waals surface area contributed by atoms with Gasteiger partial charge in [-0.15, -0.1) is 0 Å². The predicted molar refractivity (Wildman–Crippen MR) is 109 cm³/mol. The van der Waals surface area contributed by atoms with Gasteiger partial charge in [0, 0.05) is 24.5 Å². The number of aliphatic hydroxyl groups excluding tert-OH is 1. The van der Waals surface area contributed by atoms with Crippen molar-refractivity contribution >= 4 is 27.8 Å². The van der Waals surface area contributed by atoms with Crippen molar-refractivity contribution in [1.29, 1.82) is 0 Å². The van der Waals surface area contributed by atoms with Crippen LogP contribution in [0.4, 0.5) is 10.2 Å². The molecule has 1 saturated heterocycles. The fraction of sp³-hybridized carbons (Fsp3) is 0.333. The van der Waals surface area contributed by atoms with Crippen molar-refractivity contribution < 1.29 is 14.2 Å². The minimum absolute atomic E-state index is 0.149. The largest absolute Gasteiger partial charge is 0.421 e. The Labute approximate surface area is 171 Å². The highest BCUT2D eigenvalue weighted by Crippen LogP contribution is 2.37. The van der Waals surface area contributed by atoms with E-state index in [9.17, 15) is 9.50 Å². The Bertz CT molecular complexity index is 1220. The minimum atomic E-state index is -0.373. The van der Waals surface area contributed by atoms with E-state index in [4.69, 9.17) is 4.74 Å². The molecule has 0 spiro atoms. The number of nitrogens with one attached hydrogen (secondary N) is 1. The summed E-state index contributed by atoms with van der Waals surface area (Å²) in [6.45, 7) is 5.07. The zero-order chi connectivity index (χ0) is 20.8. The molecule has 1 atom stereocenters. The van der Waals surface area contributed by atoms with E-state index in [1.54, 1.807) is 26.2 Å². The monoisotopic (exact) mass is 407 g/mol. The number of hydrogen-bond donors (Lipinski definition) is 2. The van der Waals surface area contributed by atoms with Crippen molar-refractivity contribution in [3.05, 3.63) is 42.2 Å². The van der Waals surface area contributed by atoms with E-state index in [-0.39, 0.29) is 17.9 Å². The topological polar surface area (TPSA) is 100 Å². The highest BCUT2D eigenvalue weighted by Gasteiger charge is 2.31. The summed E-state index contributed by atoms with van der Waals surface area (Å²) < 4.78 is 19.7. The summed E-state index contributed by atoms with van der Waals surface area (Å²) in [5.74, 6) is 1.73. The van der Waals surface area contributed by atoms with Crippen LogP contribution in [0.15, 0.2) is 24.5 Å². The zero-order valence-electron chi connectivity index (χ0n) is 16.6. The molecule has 3 aromatic heterocycles. The molecule has 4 heterocycles. The fourth-order valence-electron chi connectivity index (χ4n) is 3.84. The molecule has 4 aromatic rings. The Hall–Kier alpha value is -3.33. The highest BCUT2D eigenvalue weighted by atomic mass is 19.1. The lowest BCUT2D eigenvalue weighted by atomic mass is 9.93. The molecule has 5 rings (SSSR count). The highest BCUT2D eigenvalue weighted by molar-refractivity contribution is 6.11. The smallest absolute Gasteiger partial charge is 0.326 e. The quantitative estimate of drug-likeness (QED) is 0.524. The molecule has 1 unspecified atom stereocenters. The number of hydrogen-bond acceptors (Lipinski definition) is 7. The molecule has 0 bridgehead atoms. The van der Waals surface area contributed by atoms with E-state index in [2.05, 4.69) is 35.9 Å². The number of aromatic amines is 1. The molecule has 0 saturated carbocycles. The third kappa shape index (κ3) is 3.41. The molecule has 8 nitrogen and oxygen atoms in total. The Morgan fingerprint density at radius 1 is 1.33 bits per heavy atom. The van der Waals surface area contributed by atoms with Crippen LogP contribution in [-0.2, 0) is 0 Å². The molecule has 0 amide bonds. The van der Waals surface area contributed by atoms with Gasteiger partial charge in [-0.25, -0.2) is 14.4 Å². The SMILES string of the molecule is Cc1ncc(Oc2nc(N3CC(CC(C)O)C3)c3c(n2)[nH]c2[c]cc(F)cc23)cn1. The maximum Gasteiger partial charge on any atom is 0.326 e. The van der Waals surface area contributed by atoms with Crippen LogP contribution in [0.25, 0.3) is 21.9 Å². The van der Waals surface area contributed by atoms with Crippen molar-refractivity contribution in [3.8, 4) is 11.8 Å². The minimum Gasteiger partial charge on any atom is -0.421 e. The second-order valence-electron chi connectivity index (χ2n) is 7.71. The summed E-state index contributed by atoms with van der Waals surface area (Å²) in [7, 11) is 0. The number of nitrogens with zero attached hydrogens (tertiary/aromatic N) is 5. The number of aromatic nitrogens is 5. The zero-order valence-corrected chi connectivity index (χ0v) is 16.6. The maximum absolute atomic E-state index is 13.9. The van der Waals surface area contributed by atoms with Crippen LogP contribution >= 0.6 is 0 Å². The third-order valence-electron chi connectivity index (χ3n) is 5.19. The average molecular weight is 407 g/mol. The van der Waals surface area contributed by atoms with Crippen molar-refractivity contribution in [2.75, 3.05) is 18.0 Å². The first-order valence-electron chi connectivity index (χ1n) is 9.76. The van der Waals surface area contributed by atoms with Gasteiger partial charge in [-0.2, -0.15) is 9.97 Å². The van der Waals surface area contributed by atoms with Gasteiger partial charge in [-0.3, -0.25) is 0 Å². The number of halogens is 1. The lowest BCUT2D eigenvalue weighted by molar-refractivity contribution is 0.150. The number of H-pyrrole nitrogens is 1. The van der Waals surface area contributed by atoms with Gasteiger partial charge in [0.2, 0.25) is 0 Å². The van der Waals surface area contributed by atoms with Crippen LogP contribution in [-0.4, -0.2) is 49.2 Å². The average Bonchev–Trinajstić information content (AvgIpc) is 3.03. The second-order valence-corrected chi connectivity index (χ2v) is 7.71. The molecule has 0 aliphatic carbocycles. The van der Waals surface area contributed by atoms with Crippen molar-refractivity contribution in [2.24, 2.45) is 5.92 Å². The van der Waals surface area contributed by atoms with Crippen molar-refractivity contribution in [2.45, 2.75) is 26.4 Å². The molecular weight excluding hydrogens is 387 g/mol. The normalized spacial score (nSPS) is 15.5. The van der Waals surface area contributed by atoms with Crippen LogP contribution in [0.3, 0.4) is 0 Å². The first-order valence-corrected chi connectivity index (χ1v) is 9.76. The lowest BCUT2D eigenvalue weighted by Crippen LogP contribution is -2.48. The van der Waals surface area contributed by atoms with Gasteiger partial charge in [-0.05, 0) is 38.3 Å². The Morgan fingerprint density at radius 3 is 2.83 bits per heavy atom. The number of aliphatic hydroxyl groups is 1. The fourth-order valence-corrected chi connectivity index (χ4v) is 3.84.